The highest BCUT2D eigenvalue weighted by Crippen LogP contribution is 2.17. The fourth-order valence-electron chi connectivity index (χ4n) is 1.06. The lowest BCUT2D eigenvalue weighted by molar-refractivity contribution is 0.389. The van der Waals surface area contributed by atoms with E-state index in [9.17, 15) is 0 Å². The summed E-state index contributed by atoms with van der Waals surface area (Å²) >= 11 is 0. The normalized spacial score (nSPS) is 10.8. The van der Waals surface area contributed by atoms with Crippen LogP contribution in [-0.4, -0.2) is 16.5 Å². The molecule has 0 atom stereocenters. The second-order valence-corrected chi connectivity index (χ2v) is 4.61. The molecule has 1 heterocycles. The predicted molar refractivity (Wildman–Crippen MR) is 59.3 cm³/mol. The number of nitriles is 1. The highest BCUT2D eigenvalue weighted by atomic mass is 15.1. The van der Waals surface area contributed by atoms with Gasteiger partial charge < -0.3 is 5.32 Å². The van der Waals surface area contributed by atoms with E-state index in [2.05, 4.69) is 36.1 Å². The Hall–Kier alpha value is -1.63. The topological polar surface area (TPSA) is 61.6 Å². The maximum atomic E-state index is 8.65. The van der Waals surface area contributed by atoms with Crippen LogP contribution in [0.3, 0.4) is 0 Å². The van der Waals surface area contributed by atoms with E-state index in [0.717, 1.165) is 13.0 Å². The fourth-order valence-corrected chi connectivity index (χ4v) is 1.06. The summed E-state index contributed by atoms with van der Waals surface area (Å²) in [4.78, 5) is 8.06. The molecule has 15 heavy (non-hydrogen) atoms. The van der Waals surface area contributed by atoms with Crippen LogP contribution in [0.25, 0.3) is 0 Å². The highest BCUT2D eigenvalue weighted by molar-refractivity contribution is 5.29. The van der Waals surface area contributed by atoms with Gasteiger partial charge in [0.25, 0.3) is 0 Å². The molecule has 0 saturated heterocycles. The van der Waals surface area contributed by atoms with Crippen LogP contribution in [0.15, 0.2) is 12.3 Å². The Bertz CT molecular complexity index is 360. The van der Waals surface area contributed by atoms with E-state index in [1.54, 1.807) is 12.3 Å². The molecule has 80 valence electrons. The third-order valence-corrected chi connectivity index (χ3v) is 1.93. The van der Waals surface area contributed by atoms with Gasteiger partial charge in [-0.2, -0.15) is 5.26 Å². The van der Waals surface area contributed by atoms with Gasteiger partial charge in [0.2, 0.25) is 5.95 Å². The van der Waals surface area contributed by atoms with Crippen LogP contribution in [0.1, 0.15) is 32.9 Å². The molecule has 0 fully saturated rings. The van der Waals surface area contributed by atoms with E-state index in [1.807, 2.05) is 6.07 Å². The number of anilines is 1. The second kappa shape index (κ2) is 4.74. The molecule has 0 aliphatic rings. The molecule has 0 unspecified atom stereocenters. The maximum Gasteiger partial charge on any atom is 0.223 e. The van der Waals surface area contributed by atoms with E-state index in [1.165, 1.54) is 0 Å². The Morgan fingerprint density at radius 1 is 1.47 bits per heavy atom. The fraction of sp³-hybridized carbons (Fsp3) is 0.545. The molecule has 4 nitrogen and oxygen atoms in total. The van der Waals surface area contributed by atoms with Crippen molar-refractivity contribution in [3.05, 3.63) is 18.0 Å². The van der Waals surface area contributed by atoms with Crippen molar-refractivity contribution >= 4 is 5.95 Å². The lowest BCUT2D eigenvalue weighted by atomic mass is 9.92. The van der Waals surface area contributed by atoms with Crippen LogP contribution in [0.4, 0.5) is 5.95 Å². The average Bonchev–Trinajstić information content (AvgIpc) is 2.16. The molecular formula is C11H16N4. The van der Waals surface area contributed by atoms with Crippen molar-refractivity contribution in [3.8, 4) is 6.07 Å². The Morgan fingerprint density at radius 3 is 2.80 bits per heavy atom. The van der Waals surface area contributed by atoms with Gasteiger partial charge in [-0.25, -0.2) is 9.97 Å². The van der Waals surface area contributed by atoms with Gasteiger partial charge in [-0.05, 0) is 17.9 Å². The summed E-state index contributed by atoms with van der Waals surface area (Å²) < 4.78 is 0. The lowest BCUT2D eigenvalue weighted by Crippen LogP contribution is -2.14. The molecular weight excluding hydrogens is 188 g/mol. The van der Waals surface area contributed by atoms with Crippen molar-refractivity contribution in [1.29, 1.82) is 5.26 Å². The molecule has 0 saturated carbocycles. The van der Waals surface area contributed by atoms with Crippen molar-refractivity contribution in [2.75, 3.05) is 11.9 Å². The average molecular weight is 204 g/mol. The monoisotopic (exact) mass is 204 g/mol. The van der Waals surface area contributed by atoms with Crippen LogP contribution < -0.4 is 5.32 Å². The molecule has 0 radical (unpaired) electrons. The Morgan fingerprint density at radius 2 is 2.20 bits per heavy atom. The van der Waals surface area contributed by atoms with Gasteiger partial charge in [0.05, 0.1) is 0 Å². The Kier molecular flexibility index (Phi) is 3.62. The van der Waals surface area contributed by atoms with Crippen molar-refractivity contribution in [2.24, 2.45) is 5.41 Å². The molecule has 1 aromatic rings. The molecule has 0 bridgehead atoms. The van der Waals surface area contributed by atoms with E-state index >= 15 is 0 Å². The van der Waals surface area contributed by atoms with Crippen LogP contribution in [0.5, 0.6) is 0 Å². The minimum atomic E-state index is 0.292. The summed E-state index contributed by atoms with van der Waals surface area (Å²) in [5, 5.41) is 11.8. The van der Waals surface area contributed by atoms with Gasteiger partial charge in [0.1, 0.15) is 11.8 Å². The molecule has 0 aliphatic heterocycles. The molecule has 0 amide bonds. The third kappa shape index (κ3) is 4.41. The molecule has 1 N–H and O–H groups in total. The second-order valence-electron chi connectivity index (χ2n) is 4.61. The van der Waals surface area contributed by atoms with Crippen molar-refractivity contribution < 1.29 is 0 Å². The van der Waals surface area contributed by atoms with Crippen LogP contribution in [-0.2, 0) is 0 Å². The summed E-state index contributed by atoms with van der Waals surface area (Å²) in [6, 6.07) is 3.58. The summed E-state index contributed by atoms with van der Waals surface area (Å²) in [5.41, 5.74) is 0.683. The van der Waals surface area contributed by atoms with Gasteiger partial charge in [0.15, 0.2) is 0 Å². The lowest BCUT2D eigenvalue weighted by Gasteiger charge is -2.17. The number of nitrogens with zero attached hydrogens (tertiary/aromatic N) is 3. The first kappa shape index (κ1) is 11.4. The number of hydrogen-bond donors (Lipinski definition) is 1. The summed E-state index contributed by atoms with van der Waals surface area (Å²) in [7, 11) is 0. The van der Waals surface area contributed by atoms with Gasteiger partial charge in [0, 0.05) is 12.7 Å². The molecule has 1 rings (SSSR count). The minimum absolute atomic E-state index is 0.292. The van der Waals surface area contributed by atoms with Crippen molar-refractivity contribution in [1.82, 2.24) is 9.97 Å². The quantitative estimate of drug-likeness (QED) is 0.819. The smallest absolute Gasteiger partial charge is 0.223 e. The predicted octanol–water partition coefficient (Wildman–Crippen LogP) is 2.20. The SMILES string of the molecule is CC(C)(C)CCNc1nccc(C#N)n1. The number of nitrogens with one attached hydrogen (secondary N) is 1. The summed E-state index contributed by atoms with van der Waals surface area (Å²) in [6.07, 6.45) is 2.62. The maximum absolute atomic E-state index is 8.65. The number of rotatable bonds is 3. The van der Waals surface area contributed by atoms with Crippen LogP contribution in [0.2, 0.25) is 0 Å². The standard InChI is InChI=1S/C11H16N4/c1-11(2,3)5-7-14-10-13-6-4-9(8-12)15-10/h4,6H,5,7H2,1-3H3,(H,13,14,15). The zero-order valence-corrected chi connectivity index (χ0v) is 9.41. The van der Waals surface area contributed by atoms with Crippen molar-refractivity contribution in [2.45, 2.75) is 27.2 Å². The Labute approximate surface area is 90.4 Å². The zero-order chi connectivity index (χ0) is 11.3. The van der Waals surface area contributed by atoms with E-state index in [4.69, 9.17) is 5.26 Å². The minimum Gasteiger partial charge on any atom is -0.354 e. The van der Waals surface area contributed by atoms with Crippen LogP contribution in [0, 0.1) is 16.7 Å². The molecule has 0 spiro atoms. The largest absolute Gasteiger partial charge is 0.354 e. The number of aromatic nitrogens is 2. The van der Waals surface area contributed by atoms with E-state index in [0.29, 0.717) is 17.1 Å². The summed E-state index contributed by atoms with van der Waals surface area (Å²) in [5.74, 6) is 0.526. The first-order valence-corrected chi connectivity index (χ1v) is 4.98. The van der Waals surface area contributed by atoms with Gasteiger partial charge in [-0.3, -0.25) is 0 Å². The van der Waals surface area contributed by atoms with Gasteiger partial charge >= 0.3 is 0 Å². The first-order chi connectivity index (χ1) is 7.01. The Balaban J connectivity index is 2.48. The first-order valence-electron chi connectivity index (χ1n) is 4.98. The summed E-state index contributed by atoms with van der Waals surface area (Å²) in [6.45, 7) is 7.36. The number of hydrogen-bond acceptors (Lipinski definition) is 4. The highest BCUT2D eigenvalue weighted by Gasteiger charge is 2.09. The molecule has 4 heteroatoms. The zero-order valence-electron chi connectivity index (χ0n) is 9.41. The molecule has 0 aliphatic carbocycles. The third-order valence-electron chi connectivity index (χ3n) is 1.93. The van der Waals surface area contributed by atoms with Gasteiger partial charge in [-0.15, -0.1) is 0 Å². The van der Waals surface area contributed by atoms with E-state index < -0.39 is 0 Å². The van der Waals surface area contributed by atoms with E-state index in [-0.39, 0.29) is 0 Å². The van der Waals surface area contributed by atoms with Gasteiger partial charge in [-0.1, -0.05) is 20.8 Å². The molecule has 1 aromatic heterocycles. The molecule has 0 aromatic carbocycles. The van der Waals surface area contributed by atoms with Crippen molar-refractivity contribution in [3.63, 3.8) is 0 Å². The van der Waals surface area contributed by atoms with Crippen LogP contribution >= 0.6 is 0 Å².